The maximum absolute atomic E-state index is 13.1. The van der Waals surface area contributed by atoms with E-state index >= 15 is 0 Å². The molecule has 0 spiro atoms. The summed E-state index contributed by atoms with van der Waals surface area (Å²) in [5, 5.41) is 9.25. The van der Waals surface area contributed by atoms with Crippen LogP contribution >= 0.6 is 0 Å². The summed E-state index contributed by atoms with van der Waals surface area (Å²) in [6, 6.07) is 7.21. The molecule has 1 unspecified atom stereocenters. The highest BCUT2D eigenvalue weighted by Crippen LogP contribution is 2.28. The van der Waals surface area contributed by atoms with Crippen LogP contribution in [0.1, 0.15) is 44.2 Å². The number of hydrogen-bond donors (Lipinski definition) is 4. The molecule has 8 nitrogen and oxygen atoms in total. The second-order valence-corrected chi connectivity index (χ2v) is 10.1. The third-order valence-electron chi connectivity index (χ3n) is 6.05. The van der Waals surface area contributed by atoms with Crippen LogP contribution in [0, 0.1) is 11.7 Å². The number of rotatable bonds is 6. The number of halogens is 1. The first-order chi connectivity index (χ1) is 15.3. The summed E-state index contributed by atoms with van der Waals surface area (Å²) in [5.74, 6) is 0.115. The second kappa shape index (κ2) is 9.41. The second-order valence-electron chi connectivity index (χ2n) is 8.37. The molecule has 1 aliphatic heterocycles. The van der Waals surface area contributed by atoms with Crippen molar-refractivity contribution in [3.05, 3.63) is 47.9 Å². The highest BCUT2D eigenvalue weighted by Gasteiger charge is 2.30. The number of nitrogens with one attached hydrogen (secondary N) is 4. The molecule has 0 bridgehead atoms. The van der Waals surface area contributed by atoms with Crippen molar-refractivity contribution in [2.24, 2.45) is 5.92 Å². The number of carbonyl (C=O) groups is 1. The highest BCUT2D eigenvalue weighted by atomic mass is 32.2. The lowest BCUT2D eigenvalue weighted by atomic mass is 9.85. The molecule has 172 valence electrons. The zero-order chi connectivity index (χ0) is 22.7. The fourth-order valence-electron chi connectivity index (χ4n) is 4.17. The van der Waals surface area contributed by atoms with Crippen molar-refractivity contribution in [3.63, 3.8) is 0 Å². The number of hydrogen-bond acceptors (Lipinski definition) is 6. The Kier molecular flexibility index (Phi) is 6.61. The first kappa shape index (κ1) is 22.5. The molecule has 0 saturated heterocycles. The maximum atomic E-state index is 13.1. The zero-order valence-corrected chi connectivity index (χ0v) is 18.7. The van der Waals surface area contributed by atoms with Gasteiger partial charge in [0, 0.05) is 31.2 Å². The fraction of sp³-hybridized carbons (Fsp3) is 0.455. The maximum Gasteiger partial charge on any atom is 0.242 e. The van der Waals surface area contributed by atoms with Gasteiger partial charge < -0.3 is 16.0 Å². The van der Waals surface area contributed by atoms with Crippen LogP contribution in [-0.2, 0) is 14.8 Å². The van der Waals surface area contributed by atoms with E-state index in [2.05, 4.69) is 25.7 Å². The molecule has 2 aromatic rings. The molecule has 1 aliphatic carbocycles. The first-order valence-electron chi connectivity index (χ1n) is 10.9. The van der Waals surface area contributed by atoms with E-state index in [-0.39, 0.29) is 34.6 Å². The molecule has 2 aliphatic rings. The monoisotopic (exact) mass is 461 g/mol. The van der Waals surface area contributed by atoms with Crippen molar-refractivity contribution < 1.29 is 17.6 Å². The van der Waals surface area contributed by atoms with Crippen LogP contribution in [0.2, 0.25) is 0 Å². The van der Waals surface area contributed by atoms with Crippen molar-refractivity contribution in [2.45, 2.75) is 49.6 Å². The minimum atomic E-state index is -3.70. The van der Waals surface area contributed by atoms with Crippen LogP contribution in [0.25, 0.3) is 0 Å². The number of anilines is 2. The van der Waals surface area contributed by atoms with E-state index in [1.807, 2.05) is 6.92 Å². The fourth-order valence-corrected chi connectivity index (χ4v) is 5.45. The van der Waals surface area contributed by atoms with Gasteiger partial charge in [-0.05, 0) is 56.4 Å². The zero-order valence-electron chi connectivity index (χ0n) is 17.9. The normalized spacial score (nSPS) is 21.6. The largest absolute Gasteiger partial charge is 0.380 e. The molecule has 4 N–H and O–H groups in total. The number of carbonyl (C=O) groups excluding carboxylic acids is 1. The number of fused-ring (bicyclic) bond motifs is 1. The predicted molar refractivity (Wildman–Crippen MR) is 120 cm³/mol. The van der Waals surface area contributed by atoms with Gasteiger partial charge in [0.05, 0.1) is 11.7 Å². The Morgan fingerprint density at radius 3 is 2.53 bits per heavy atom. The summed E-state index contributed by atoms with van der Waals surface area (Å²) in [5.41, 5.74) is 1.51. The molecule has 4 rings (SSSR count). The summed E-state index contributed by atoms with van der Waals surface area (Å²) in [6.45, 7) is 3.31. The van der Waals surface area contributed by atoms with Crippen LogP contribution in [-0.4, -0.2) is 38.4 Å². The Morgan fingerprint density at radius 1 is 1.12 bits per heavy atom. The summed E-state index contributed by atoms with van der Waals surface area (Å²) in [7, 11) is -3.70. The van der Waals surface area contributed by atoms with Crippen LogP contribution < -0.4 is 20.7 Å². The molecular formula is C22H28FN5O3S. The number of sulfonamides is 1. The Labute approximate surface area is 187 Å². The Hall–Kier alpha value is -2.72. The summed E-state index contributed by atoms with van der Waals surface area (Å²) in [6.07, 6.45) is 3.73. The number of nitrogens with zero attached hydrogens (tertiary/aromatic N) is 1. The summed E-state index contributed by atoms with van der Waals surface area (Å²) < 4.78 is 41.5. The van der Waals surface area contributed by atoms with Gasteiger partial charge in [0.15, 0.2) is 0 Å². The van der Waals surface area contributed by atoms with Gasteiger partial charge in [-0.25, -0.2) is 22.5 Å². The van der Waals surface area contributed by atoms with E-state index < -0.39 is 10.0 Å². The van der Waals surface area contributed by atoms with Gasteiger partial charge in [0.25, 0.3) is 0 Å². The molecular weight excluding hydrogens is 433 g/mol. The minimum absolute atomic E-state index is 0.0550. The van der Waals surface area contributed by atoms with Crippen molar-refractivity contribution in [1.29, 1.82) is 0 Å². The van der Waals surface area contributed by atoms with Crippen molar-refractivity contribution in [2.75, 3.05) is 23.7 Å². The van der Waals surface area contributed by atoms with Gasteiger partial charge >= 0.3 is 0 Å². The smallest absolute Gasteiger partial charge is 0.242 e. The number of aromatic nitrogens is 1. The number of benzene rings is 1. The van der Waals surface area contributed by atoms with Gasteiger partial charge in [-0.1, -0.05) is 12.1 Å². The average Bonchev–Trinajstić information content (AvgIpc) is 2.79. The van der Waals surface area contributed by atoms with Gasteiger partial charge in [0.1, 0.15) is 16.5 Å². The quantitative estimate of drug-likeness (QED) is 0.526. The van der Waals surface area contributed by atoms with Crippen molar-refractivity contribution in [3.8, 4) is 0 Å². The molecule has 1 fully saturated rings. The van der Waals surface area contributed by atoms with Crippen molar-refractivity contribution in [1.82, 2.24) is 15.0 Å². The highest BCUT2D eigenvalue weighted by molar-refractivity contribution is 7.89. The third kappa shape index (κ3) is 5.18. The van der Waals surface area contributed by atoms with Gasteiger partial charge in [-0.2, -0.15) is 0 Å². The lowest BCUT2D eigenvalue weighted by molar-refractivity contribution is -0.126. The Balaban J connectivity index is 1.30. The molecule has 1 saturated carbocycles. The first-order valence-corrected chi connectivity index (χ1v) is 12.4. The van der Waals surface area contributed by atoms with Crippen LogP contribution in [0.15, 0.2) is 41.4 Å². The van der Waals surface area contributed by atoms with Crippen LogP contribution in [0.5, 0.6) is 0 Å². The van der Waals surface area contributed by atoms with E-state index in [9.17, 15) is 17.6 Å². The lowest BCUT2D eigenvalue weighted by Gasteiger charge is -2.29. The summed E-state index contributed by atoms with van der Waals surface area (Å²) in [4.78, 5) is 17.0. The van der Waals surface area contributed by atoms with Crippen LogP contribution in [0.3, 0.4) is 0 Å². The lowest BCUT2D eigenvalue weighted by Crippen LogP contribution is -2.41. The molecule has 1 atom stereocenters. The van der Waals surface area contributed by atoms with E-state index in [4.69, 9.17) is 0 Å². The molecule has 32 heavy (non-hydrogen) atoms. The number of amides is 1. The SMILES string of the molecule is CC(NC(=O)C1CCC(NS(=O)(=O)c2cnc3c(c2)NCCN3)CC1)c1ccc(F)cc1. The Morgan fingerprint density at radius 2 is 1.81 bits per heavy atom. The predicted octanol–water partition coefficient (Wildman–Crippen LogP) is 2.77. The molecule has 1 aromatic carbocycles. The van der Waals surface area contributed by atoms with Gasteiger partial charge in [0.2, 0.25) is 15.9 Å². The number of pyridine rings is 1. The van der Waals surface area contributed by atoms with Gasteiger partial charge in [-0.3, -0.25) is 4.79 Å². The molecule has 2 heterocycles. The molecule has 0 radical (unpaired) electrons. The van der Waals surface area contributed by atoms with Gasteiger partial charge in [-0.15, -0.1) is 0 Å². The van der Waals surface area contributed by atoms with Crippen molar-refractivity contribution >= 4 is 27.4 Å². The third-order valence-corrected chi connectivity index (χ3v) is 7.54. The minimum Gasteiger partial charge on any atom is -0.380 e. The summed E-state index contributed by atoms with van der Waals surface area (Å²) >= 11 is 0. The van der Waals surface area contributed by atoms with Crippen LogP contribution in [0.4, 0.5) is 15.9 Å². The van der Waals surface area contributed by atoms with E-state index in [1.165, 1.54) is 18.3 Å². The molecule has 1 amide bonds. The van der Waals surface area contributed by atoms with E-state index in [0.29, 0.717) is 43.7 Å². The molecule has 1 aromatic heterocycles. The standard InChI is InChI=1S/C22H28FN5O3S/c1-14(15-2-6-17(23)7-3-15)27-22(29)16-4-8-18(9-5-16)28-32(30,31)19-12-20-21(26-13-19)25-11-10-24-20/h2-3,6-7,12-14,16,18,24,28H,4-5,8-11H2,1H3,(H,25,26)(H,27,29). The average molecular weight is 462 g/mol. The van der Waals surface area contributed by atoms with E-state index in [1.54, 1.807) is 18.2 Å². The topological polar surface area (TPSA) is 112 Å². The van der Waals surface area contributed by atoms with E-state index in [0.717, 1.165) is 12.1 Å². The Bertz CT molecular complexity index is 1070. The molecule has 10 heteroatoms.